The highest BCUT2D eigenvalue weighted by atomic mass is 35.5. The molecule has 1 heterocycles. The number of hydrogen-bond donors (Lipinski definition) is 1. The van der Waals surface area contributed by atoms with Crippen LogP contribution in [0.2, 0.25) is 10.0 Å². The molecular weight excluding hydrogens is 333 g/mol. The molecule has 1 atom stereocenters. The van der Waals surface area contributed by atoms with Crippen molar-refractivity contribution in [3.8, 4) is 0 Å². The number of aryl methyl sites for hydroxylation is 1. The first-order chi connectivity index (χ1) is 11.1. The van der Waals surface area contributed by atoms with Crippen LogP contribution in [-0.4, -0.2) is 10.1 Å². The highest BCUT2D eigenvalue weighted by Gasteiger charge is 2.16. The van der Waals surface area contributed by atoms with E-state index in [1.54, 1.807) is 13.0 Å². The summed E-state index contributed by atoms with van der Waals surface area (Å²) < 4.78 is 5.00. The summed E-state index contributed by atoms with van der Waals surface area (Å²) in [6.45, 7) is 2.25. The van der Waals surface area contributed by atoms with E-state index in [4.69, 9.17) is 27.7 Å². The van der Waals surface area contributed by atoms with Gasteiger partial charge in [0.2, 0.25) is 5.89 Å². The predicted molar refractivity (Wildman–Crippen MR) is 90.6 cm³/mol. The minimum Gasteiger partial charge on any atom is -0.340 e. The Morgan fingerprint density at radius 1 is 1.04 bits per heavy atom. The van der Waals surface area contributed by atoms with E-state index in [1.807, 2.05) is 30.3 Å². The largest absolute Gasteiger partial charge is 0.340 e. The summed E-state index contributed by atoms with van der Waals surface area (Å²) in [6, 6.07) is 15.7. The Morgan fingerprint density at radius 3 is 2.48 bits per heavy atom. The maximum absolute atomic E-state index is 6.17. The van der Waals surface area contributed by atoms with Crippen LogP contribution in [0.5, 0.6) is 0 Å². The summed E-state index contributed by atoms with van der Waals surface area (Å²) >= 11 is 12.2. The lowest BCUT2D eigenvalue weighted by Crippen LogP contribution is -2.22. The van der Waals surface area contributed by atoms with Crippen LogP contribution in [0.25, 0.3) is 0 Å². The smallest absolute Gasteiger partial charge is 0.223 e. The first-order valence-corrected chi connectivity index (χ1v) is 7.91. The van der Waals surface area contributed by atoms with Gasteiger partial charge in [0.05, 0.1) is 22.6 Å². The van der Waals surface area contributed by atoms with Crippen LogP contribution in [0.3, 0.4) is 0 Å². The topological polar surface area (TPSA) is 51.0 Å². The van der Waals surface area contributed by atoms with Crippen molar-refractivity contribution < 1.29 is 4.52 Å². The zero-order valence-corrected chi connectivity index (χ0v) is 14.0. The van der Waals surface area contributed by atoms with Crippen molar-refractivity contribution in [1.29, 1.82) is 0 Å². The molecule has 0 saturated heterocycles. The lowest BCUT2D eigenvalue weighted by atomic mass is 9.99. The fraction of sp³-hybridized carbons (Fsp3) is 0.176. The zero-order chi connectivity index (χ0) is 16.2. The second-order valence-electron chi connectivity index (χ2n) is 5.13. The van der Waals surface area contributed by atoms with Crippen LogP contribution in [-0.2, 0) is 6.54 Å². The van der Waals surface area contributed by atoms with E-state index >= 15 is 0 Å². The third kappa shape index (κ3) is 3.91. The maximum atomic E-state index is 6.17. The van der Waals surface area contributed by atoms with Crippen LogP contribution in [0.1, 0.15) is 28.9 Å². The van der Waals surface area contributed by atoms with E-state index in [1.165, 1.54) is 0 Å². The van der Waals surface area contributed by atoms with Gasteiger partial charge >= 0.3 is 0 Å². The summed E-state index contributed by atoms with van der Waals surface area (Å²) in [6.07, 6.45) is 0. The summed E-state index contributed by atoms with van der Waals surface area (Å²) in [5.41, 5.74) is 2.14. The molecule has 0 aliphatic heterocycles. The Kier molecular flexibility index (Phi) is 4.96. The minimum atomic E-state index is -0.0511. The average molecular weight is 348 g/mol. The second-order valence-corrected chi connectivity index (χ2v) is 5.94. The standard InChI is InChI=1S/C17H15Cl2N3O/c1-11-21-16(22-23-11)10-20-17(12-5-3-2-4-6-12)13-7-8-14(18)15(19)9-13/h2-9,17,20H,10H2,1H3/t17-/m1/s1. The molecule has 1 aromatic heterocycles. The van der Waals surface area contributed by atoms with Crippen molar-refractivity contribution in [3.05, 3.63) is 81.4 Å². The second kappa shape index (κ2) is 7.13. The monoisotopic (exact) mass is 347 g/mol. The van der Waals surface area contributed by atoms with E-state index in [0.29, 0.717) is 28.3 Å². The van der Waals surface area contributed by atoms with E-state index in [2.05, 4.69) is 27.6 Å². The van der Waals surface area contributed by atoms with Gasteiger partial charge in [0, 0.05) is 6.92 Å². The molecule has 0 bridgehead atoms. The van der Waals surface area contributed by atoms with Gasteiger partial charge in [-0.3, -0.25) is 5.32 Å². The molecule has 6 heteroatoms. The fourth-order valence-corrected chi connectivity index (χ4v) is 2.68. The van der Waals surface area contributed by atoms with E-state index < -0.39 is 0 Å². The number of benzene rings is 2. The van der Waals surface area contributed by atoms with Gasteiger partial charge in [0.25, 0.3) is 0 Å². The molecule has 0 aliphatic rings. The lowest BCUT2D eigenvalue weighted by Gasteiger charge is -2.19. The first kappa shape index (κ1) is 16.0. The van der Waals surface area contributed by atoms with Crippen molar-refractivity contribution in [2.24, 2.45) is 0 Å². The number of nitrogens with one attached hydrogen (secondary N) is 1. The third-order valence-electron chi connectivity index (χ3n) is 3.44. The van der Waals surface area contributed by atoms with Gasteiger partial charge in [0.1, 0.15) is 0 Å². The van der Waals surface area contributed by atoms with E-state index in [-0.39, 0.29) is 6.04 Å². The van der Waals surface area contributed by atoms with Crippen molar-refractivity contribution >= 4 is 23.2 Å². The quantitative estimate of drug-likeness (QED) is 0.734. The highest BCUT2D eigenvalue weighted by Crippen LogP contribution is 2.29. The average Bonchev–Trinajstić information content (AvgIpc) is 2.97. The maximum Gasteiger partial charge on any atom is 0.223 e. The lowest BCUT2D eigenvalue weighted by molar-refractivity contribution is 0.384. The fourth-order valence-electron chi connectivity index (χ4n) is 2.37. The molecule has 3 aromatic rings. The first-order valence-electron chi connectivity index (χ1n) is 7.16. The van der Waals surface area contributed by atoms with Crippen molar-refractivity contribution in [2.45, 2.75) is 19.5 Å². The number of hydrogen-bond acceptors (Lipinski definition) is 4. The van der Waals surface area contributed by atoms with Crippen LogP contribution in [0.15, 0.2) is 53.1 Å². The molecule has 23 heavy (non-hydrogen) atoms. The van der Waals surface area contributed by atoms with Gasteiger partial charge in [-0.25, -0.2) is 0 Å². The zero-order valence-electron chi connectivity index (χ0n) is 12.5. The van der Waals surface area contributed by atoms with Crippen LogP contribution < -0.4 is 5.32 Å². The van der Waals surface area contributed by atoms with Crippen LogP contribution in [0.4, 0.5) is 0 Å². The number of halogens is 2. The molecule has 0 saturated carbocycles. The van der Waals surface area contributed by atoms with Gasteiger partial charge in [-0.1, -0.05) is 64.8 Å². The number of nitrogens with zero attached hydrogens (tertiary/aromatic N) is 2. The molecule has 118 valence electrons. The summed E-state index contributed by atoms with van der Waals surface area (Å²) in [7, 11) is 0. The summed E-state index contributed by atoms with van der Waals surface area (Å²) in [5.74, 6) is 1.16. The van der Waals surface area contributed by atoms with Gasteiger partial charge in [0.15, 0.2) is 5.82 Å². The minimum absolute atomic E-state index is 0.0511. The Hall–Kier alpha value is -1.88. The Labute approximate surface area is 144 Å². The van der Waals surface area contributed by atoms with E-state index in [0.717, 1.165) is 11.1 Å². The normalized spacial score (nSPS) is 12.3. The summed E-state index contributed by atoms with van der Waals surface area (Å²) in [5, 5.41) is 8.42. The van der Waals surface area contributed by atoms with Crippen molar-refractivity contribution in [3.63, 3.8) is 0 Å². The molecule has 0 radical (unpaired) electrons. The van der Waals surface area contributed by atoms with Gasteiger partial charge < -0.3 is 4.52 Å². The van der Waals surface area contributed by atoms with Crippen LogP contribution >= 0.6 is 23.2 Å². The van der Waals surface area contributed by atoms with Crippen molar-refractivity contribution in [2.75, 3.05) is 0 Å². The molecule has 1 N–H and O–H groups in total. The SMILES string of the molecule is Cc1nc(CN[C@H](c2ccccc2)c2ccc(Cl)c(Cl)c2)no1. The molecular formula is C17H15Cl2N3O. The van der Waals surface area contributed by atoms with Gasteiger partial charge in [-0.2, -0.15) is 4.98 Å². The van der Waals surface area contributed by atoms with Gasteiger partial charge in [-0.15, -0.1) is 0 Å². The molecule has 0 aliphatic carbocycles. The van der Waals surface area contributed by atoms with Crippen LogP contribution in [0, 0.1) is 6.92 Å². The molecule has 0 spiro atoms. The molecule has 0 amide bonds. The molecule has 0 fully saturated rings. The Bertz CT molecular complexity index is 790. The number of aromatic nitrogens is 2. The molecule has 3 rings (SSSR count). The van der Waals surface area contributed by atoms with E-state index in [9.17, 15) is 0 Å². The Morgan fingerprint density at radius 2 is 1.83 bits per heavy atom. The predicted octanol–water partition coefficient (Wildman–Crippen LogP) is 4.56. The Balaban J connectivity index is 1.88. The highest BCUT2D eigenvalue weighted by molar-refractivity contribution is 6.42. The molecule has 4 nitrogen and oxygen atoms in total. The van der Waals surface area contributed by atoms with Crippen molar-refractivity contribution in [1.82, 2.24) is 15.5 Å². The number of rotatable bonds is 5. The molecule has 0 unspecified atom stereocenters. The molecule has 2 aromatic carbocycles. The summed E-state index contributed by atoms with van der Waals surface area (Å²) in [4.78, 5) is 4.21. The third-order valence-corrected chi connectivity index (χ3v) is 4.18. The van der Waals surface area contributed by atoms with Gasteiger partial charge in [-0.05, 0) is 23.3 Å².